The minimum absolute atomic E-state index is 0.0976. The second-order valence-electron chi connectivity index (χ2n) is 13.0. The van der Waals surface area contributed by atoms with Crippen LogP contribution in [0, 0.1) is 11.3 Å². The summed E-state index contributed by atoms with van der Waals surface area (Å²) in [5.41, 5.74) is 3.14. The number of nitrogens with zero attached hydrogens (tertiary/aromatic N) is 4. The fraction of sp³-hybridized carbons (Fsp3) is 0.186. The molecule has 12 heteroatoms. The Balaban J connectivity index is 1.19. The Morgan fingerprint density at radius 2 is 1.62 bits per heavy atom. The van der Waals surface area contributed by atoms with Crippen molar-refractivity contribution in [3.63, 3.8) is 0 Å². The fourth-order valence-corrected chi connectivity index (χ4v) is 5.69. The standard InChI is InChI=1S/C43H40N6O6/c1-43(2,41(50)46-22-20-29-13-10-21-45-26-29)55-38-15-9-8-14-37(38)54-33-18-16-32(17-19-33)48-39-34-23-31(25-44)27-47-35(34)24-36(40(39)52-4)49(3)42(51)53-28-30-11-6-5-7-12-30/h5-19,21,23-24,26-27,48H,20,22,28H2,1-4H3,(H,46,50). The molecule has 6 aromatic rings. The highest BCUT2D eigenvalue weighted by Crippen LogP contribution is 2.43. The van der Waals surface area contributed by atoms with Gasteiger partial charge in [-0.15, -0.1) is 0 Å². The van der Waals surface area contributed by atoms with Crippen LogP contribution in [0.4, 0.5) is 21.9 Å². The molecule has 4 aromatic carbocycles. The average Bonchev–Trinajstić information content (AvgIpc) is 3.21. The predicted octanol–water partition coefficient (Wildman–Crippen LogP) is 8.34. The summed E-state index contributed by atoms with van der Waals surface area (Å²) in [5, 5.41) is 16.6. The predicted molar refractivity (Wildman–Crippen MR) is 210 cm³/mol. The minimum Gasteiger partial charge on any atom is -0.492 e. The lowest BCUT2D eigenvalue weighted by atomic mass is 10.1. The largest absolute Gasteiger partial charge is 0.492 e. The van der Waals surface area contributed by atoms with Crippen molar-refractivity contribution in [3.05, 3.63) is 138 Å². The second kappa shape index (κ2) is 17.1. The highest BCUT2D eigenvalue weighted by Gasteiger charge is 2.31. The zero-order valence-corrected chi connectivity index (χ0v) is 30.9. The Kier molecular flexibility index (Phi) is 11.7. The number of rotatable bonds is 14. The van der Waals surface area contributed by atoms with E-state index in [9.17, 15) is 14.9 Å². The van der Waals surface area contributed by atoms with Gasteiger partial charge >= 0.3 is 6.09 Å². The summed E-state index contributed by atoms with van der Waals surface area (Å²) in [7, 11) is 3.10. The molecule has 2 heterocycles. The monoisotopic (exact) mass is 736 g/mol. The summed E-state index contributed by atoms with van der Waals surface area (Å²) >= 11 is 0. The summed E-state index contributed by atoms with van der Waals surface area (Å²) in [5.74, 6) is 1.43. The number of carbonyl (C=O) groups excluding carboxylic acids is 2. The Hall–Kier alpha value is -7.13. The van der Waals surface area contributed by atoms with Gasteiger partial charge in [-0.1, -0.05) is 48.5 Å². The van der Waals surface area contributed by atoms with E-state index in [4.69, 9.17) is 18.9 Å². The van der Waals surface area contributed by atoms with E-state index in [1.165, 1.54) is 18.2 Å². The first-order chi connectivity index (χ1) is 26.6. The number of methoxy groups -OCH3 is 1. The topological polar surface area (TPSA) is 148 Å². The van der Waals surface area contributed by atoms with Crippen LogP contribution < -0.4 is 29.7 Å². The number of para-hydroxylation sites is 2. The van der Waals surface area contributed by atoms with E-state index in [2.05, 4.69) is 26.7 Å². The average molecular weight is 737 g/mol. The molecule has 0 bridgehead atoms. The Morgan fingerprint density at radius 1 is 0.891 bits per heavy atom. The van der Waals surface area contributed by atoms with E-state index in [0.29, 0.717) is 69.5 Å². The number of carbonyl (C=O) groups is 2. The smallest absolute Gasteiger partial charge is 0.414 e. The van der Waals surface area contributed by atoms with Crippen molar-refractivity contribution in [2.75, 3.05) is 30.9 Å². The van der Waals surface area contributed by atoms with Crippen LogP contribution >= 0.6 is 0 Å². The zero-order valence-electron chi connectivity index (χ0n) is 30.9. The van der Waals surface area contributed by atoms with Crippen molar-refractivity contribution in [3.8, 4) is 29.1 Å². The zero-order chi connectivity index (χ0) is 38.8. The molecule has 0 saturated carbocycles. The molecule has 0 atom stereocenters. The van der Waals surface area contributed by atoms with E-state index < -0.39 is 11.7 Å². The van der Waals surface area contributed by atoms with Crippen molar-refractivity contribution in [2.24, 2.45) is 0 Å². The van der Waals surface area contributed by atoms with Gasteiger partial charge in [-0.2, -0.15) is 5.26 Å². The number of aromatic nitrogens is 2. The van der Waals surface area contributed by atoms with Crippen molar-refractivity contribution in [1.82, 2.24) is 15.3 Å². The van der Waals surface area contributed by atoms with Crippen LogP contribution in [0.5, 0.6) is 23.0 Å². The van der Waals surface area contributed by atoms with E-state index in [0.717, 1.165) is 11.1 Å². The molecule has 0 saturated heterocycles. The summed E-state index contributed by atoms with van der Waals surface area (Å²) < 4.78 is 23.9. The number of ether oxygens (including phenoxy) is 4. The molecule has 55 heavy (non-hydrogen) atoms. The summed E-state index contributed by atoms with van der Waals surface area (Å²) in [6.07, 6.45) is 5.02. The van der Waals surface area contributed by atoms with Gasteiger partial charge in [0.1, 0.15) is 18.4 Å². The fourth-order valence-electron chi connectivity index (χ4n) is 5.69. The third-order valence-corrected chi connectivity index (χ3v) is 8.63. The molecular formula is C43H40N6O6. The normalized spacial score (nSPS) is 10.9. The van der Waals surface area contributed by atoms with Gasteiger partial charge in [-0.3, -0.25) is 19.7 Å². The number of hydrogen-bond donors (Lipinski definition) is 2. The lowest BCUT2D eigenvalue weighted by Gasteiger charge is -2.26. The van der Waals surface area contributed by atoms with Gasteiger partial charge in [-0.05, 0) is 86.0 Å². The molecule has 12 nitrogen and oxygen atoms in total. The van der Waals surface area contributed by atoms with Gasteiger partial charge < -0.3 is 29.6 Å². The quantitative estimate of drug-likeness (QED) is 0.112. The number of nitrogens with one attached hydrogen (secondary N) is 2. The van der Waals surface area contributed by atoms with E-state index in [1.54, 1.807) is 69.7 Å². The minimum atomic E-state index is -1.19. The number of amides is 2. The van der Waals surface area contributed by atoms with Crippen LogP contribution in [0.15, 0.2) is 122 Å². The number of hydrogen-bond acceptors (Lipinski definition) is 10. The molecule has 6 rings (SSSR count). The van der Waals surface area contributed by atoms with Crippen LogP contribution in [-0.4, -0.2) is 48.3 Å². The molecule has 0 spiro atoms. The molecule has 0 aliphatic rings. The molecule has 2 N–H and O–H groups in total. The van der Waals surface area contributed by atoms with Crippen LogP contribution in [0.1, 0.15) is 30.5 Å². The molecule has 278 valence electrons. The van der Waals surface area contributed by atoms with Gasteiger partial charge in [0.25, 0.3) is 5.91 Å². The van der Waals surface area contributed by atoms with Gasteiger partial charge in [0, 0.05) is 43.3 Å². The molecule has 2 aromatic heterocycles. The van der Waals surface area contributed by atoms with Gasteiger partial charge in [0.2, 0.25) is 0 Å². The SMILES string of the molecule is COc1c(N(C)C(=O)OCc2ccccc2)cc2ncc(C#N)cc2c1Nc1ccc(Oc2ccccc2OC(C)(C)C(=O)NCCc2cccnc2)cc1. The maximum absolute atomic E-state index is 13.2. The number of fused-ring (bicyclic) bond motifs is 1. The lowest BCUT2D eigenvalue weighted by molar-refractivity contribution is -0.134. The molecular weight excluding hydrogens is 697 g/mol. The van der Waals surface area contributed by atoms with E-state index in [1.807, 2.05) is 66.7 Å². The maximum atomic E-state index is 13.2. The second-order valence-corrected chi connectivity index (χ2v) is 13.0. The van der Waals surface area contributed by atoms with Crippen LogP contribution in [-0.2, 0) is 22.6 Å². The molecule has 0 fully saturated rings. The number of pyridine rings is 2. The van der Waals surface area contributed by atoms with Crippen LogP contribution in [0.2, 0.25) is 0 Å². The number of nitriles is 1. The first-order valence-electron chi connectivity index (χ1n) is 17.5. The molecule has 0 radical (unpaired) electrons. The van der Waals surface area contributed by atoms with Crippen molar-refractivity contribution in [2.45, 2.75) is 32.5 Å². The van der Waals surface area contributed by atoms with Gasteiger partial charge in [-0.25, -0.2) is 4.79 Å². The third kappa shape index (κ3) is 9.27. The molecule has 2 amide bonds. The summed E-state index contributed by atoms with van der Waals surface area (Å²) in [6, 6.07) is 33.1. The third-order valence-electron chi connectivity index (χ3n) is 8.63. The lowest BCUT2D eigenvalue weighted by Crippen LogP contribution is -2.47. The number of benzene rings is 4. The Morgan fingerprint density at radius 3 is 2.33 bits per heavy atom. The molecule has 0 unspecified atom stereocenters. The maximum Gasteiger partial charge on any atom is 0.414 e. The van der Waals surface area contributed by atoms with Crippen LogP contribution in [0.3, 0.4) is 0 Å². The molecule has 0 aliphatic carbocycles. The first-order valence-corrected chi connectivity index (χ1v) is 17.5. The highest BCUT2D eigenvalue weighted by atomic mass is 16.6. The number of anilines is 3. The summed E-state index contributed by atoms with van der Waals surface area (Å²) in [6.45, 7) is 3.95. The summed E-state index contributed by atoms with van der Waals surface area (Å²) in [4.78, 5) is 36.3. The Labute approximate surface area is 319 Å². The Bertz CT molecular complexity index is 2310. The molecule has 0 aliphatic heterocycles. The highest BCUT2D eigenvalue weighted by molar-refractivity contribution is 6.04. The van der Waals surface area contributed by atoms with Crippen LogP contribution in [0.25, 0.3) is 10.9 Å². The van der Waals surface area contributed by atoms with Crippen molar-refractivity contribution < 1.29 is 28.5 Å². The van der Waals surface area contributed by atoms with Gasteiger partial charge in [0.05, 0.1) is 29.6 Å². The van der Waals surface area contributed by atoms with E-state index >= 15 is 0 Å². The van der Waals surface area contributed by atoms with E-state index in [-0.39, 0.29) is 12.5 Å². The van der Waals surface area contributed by atoms with Gasteiger partial charge in [0.15, 0.2) is 22.8 Å². The van der Waals surface area contributed by atoms with Crippen molar-refractivity contribution in [1.29, 1.82) is 5.26 Å². The first kappa shape index (κ1) is 37.6. The van der Waals surface area contributed by atoms with Crippen molar-refractivity contribution >= 4 is 40.0 Å².